The number of aliphatic hydroxyl groups excluding tert-OH is 1. The van der Waals surface area contributed by atoms with Crippen LogP contribution in [0, 0.1) is 11.6 Å². The third kappa shape index (κ3) is 9.23. The number of benzene rings is 2. The molecule has 0 spiro atoms. The molecule has 0 saturated carbocycles. The number of fused-ring (bicyclic) bond motifs is 1. The van der Waals surface area contributed by atoms with Crippen LogP contribution >= 0.6 is 11.6 Å². The fraction of sp³-hybridized carbons (Fsp3) is 0.333. The van der Waals surface area contributed by atoms with Gasteiger partial charge in [-0.15, -0.1) is 0 Å². The molecule has 41 heavy (non-hydrogen) atoms. The lowest BCUT2D eigenvalue weighted by Gasteiger charge is -2.28. The Bertz CT molecular complexity index is 1380. The summed E-state index contributed by atoms with van der Waals surface area (Å²) >= 11 is 5.97. The number of hydrogen-bond acceptors (Lipinski definition) is 7. The number of nitrogens with one attached hydrogen (secondary N) is 3. The second-order valence-corrected chi connectivity index (χ2v) is 9.52. The average molecular weight is 593 g/mol. The zero-order valence-corrected chi connectivity index (χ0v) is 23.0. The lowest BCUT2D eigenvalue weighted by Crippen LogP contribution is -2.46. The Morgan fingerprint density at radius 1 is 1.15 bits per heavy atom. The van der Waals surface area contributed by atoms with Gasteiger partial charge in [-0.25, -0.2) is 23.4 Å². The maximum absolute atomic E-state index is 13.7. The number of hydrogen-bond donors (Lipinski definition) is 5. The third-order valence-electron chi connectivity index (χ3n) is 6.20. The molecule has 0 saturated heterocycles. The second-order valence-electron chi connectivity index (χ2n) is 9.14. The van der Waals surface area contributed by atoms with Crippen molar-refractivity contribution in [1.82, 2.24) is 20.5 Å². The largest absolute Gasteiger partial charge is 0.447 e. The summed E-state index contributed by atoms with van der Waals surface area (Å²) in [5, 5.41) is 17.8. The highest BCUT2D eigenvalue weighted by molar-refractivity contribution is 6.31. The highest BCUT2D eigenvalue weighted by Crippen LogP contribution is 2.20. The number of amides is 4. The van der Waals surface area contributed by atoms with E-state index in [1.54, 1.807) is 12.1 Å². The third-order valence-corrected chi connectivity index (χ3v) is 6.62. The van der Waals surface area contributed by atoms with E-state index < -0.39 is 48.4 Å². The van der Waals surface area contributed by atoms with Gasteiger partial charge in [0.1, 0.15) is 30.1 Å². The molecule has 0 fully saturated rings. The normalized spacial score (nSPS) is 12.3. The SMILES string of the molecule is CN(C(=O)NCc1cccc(F)c1Cl)[C@@H](CCCNC(=O)[C@H](N)CO)COC(=O)Nc1cc2cc(F)ccc2cn1. The molecule has 4 amide bonds. The Kier molecular flexibility index (Phi) is 11.6. The first-order valence-corrected chi connectivity index (χ1v) is 13.0. The smallest absolute Gasteiger partial charge is 0.412 e. The van der Waals surface area contributed by atoms with E-state index in [4.69, 9.17) is 27.2 Å². The number of halogens is 3. The summed E-state index contributed by atoms with van der Waals surface area (Å²) in [7, 11) is 1.49. The van der Waals surface area contributed by atoms with E-state index in [1.807, 2.05) is 0 Å². The molecule has 2 aromatic carbocycles. The number of carbonyl (C=O) groups is 3. The molecule has 14 heteroatoms. The summed E-state index contributed by atoms with van der Waals surface area (Å²) in [6.07, 6.45) is 1.32. The number of likely N-dealkylation sites (N-methyl/N-ethyl adjacent to an activating group) is 1. The van der Waals surface area contributed by atoms with Gasteiger partial charge in [-0.3, -0.25) is 10.1 Å². The van der Waals surface area contributed by atoms with Gasteiger partial charge in [0, 0.05) is 31.7 Å². The average Bonchev–Trinajstić information content (AvgIpc) is 2.96. The molecule has 220 valence electrons. The van der Waals surface area contributed by atoms with Crippen LogP contribution in [-0.2, 0) is 16.1 Å². The Labute approximate surface area is 240 Å². The van der Waals surface area contributed by atoms with Crippen molar-refractivity contribution < 1.29 is 33.0 Å². The van der Waals surface area contributed by atoms with Gasteiger partial charge in [-0.1, -0.05) is 23.7 Å². The number of nitrogens with zero attached hydrogens (tertiary/aromatic N) is 2. The fourth-order valence-electron chi connectivity index (χ4n) is 3.79. The highest BCUT2D eigenvalue weighted by Gasteiger charge is 2.22. The van der Waals surface area contributed by atoms with Crippen molar-refractivity contribution in [2.45, 2.75) is 31.5 Å². The fourth-order valence-corrected chi connectivity index (χ4v) is 3.98. The van der Waals surface area contributed by atoms with Gasteiger partial charge >= 0.3 is 12.1 Å². The molecule has 1 aromatic heterocycles. The number of anilines is 1. The predicted octanol–water partition coefficient (Wildman–Crippen LogP) is 3.14. The summed E-state index contributed by atoms with van der Waals surface area (Å²) in [5.74, 6) is -1.43. The first-order chi connectivity index (χ1) is 19.6. The number of ether oxygens (including phenoxy) is 1. The van der Waals surface area contributed by atoms with Crippen LogP contribution in [0.15, 0.2) is 48.7 Å². The number of carbonyl (C=O) groups excluding carboxylic acids is 3. The molecule has 6 N–H and O–H groups in total. The van der Waals surface area contributed by atoms with Crippen molar-refractivity contribution in [3.8, 4) is 0 Å². The molecule has 0 aliphatic heterocycles. The summed E-state index contributed by atoms with van der Waals surface area (Å²) < 4.78 is 32.7. The van der Waals surface area contributed by atoms with Crippen LogP contribution in [0.5, 0.6) is 0 Å². The van der Waals surface area contributed by atoms with Crippen LogP contribution in [0.2, 0.25) is 5.02 Å². The molecule has 3 rings (SSSR count). The number of urea groups is 1. The molecule has 3 aromatic rings. The molecular weight excluding hydrogens is 562 g/mol. The Balaban J connectivity index is 1.61. The van der Waals surface area contributed by atoms with Crippen molar-refractivity contribution in [2.75, 3.05) is 32.1 Å². The van der Waals surface area contributed by atoms with Crippen LogP contribution in [0.4, 0.5) is 24.2 Å². The Morgan fingerprint density at radius 2 is 1.93 bits per heavy atom. The number of rotatable bonds is 12. The molecule has 1 heterocycles. The topological polar surface area (TPSA) is 159 Å². The molecule has 0 unspecified atom stereocenters. The zero-order chi connectivity index (χ0) is 29.9. The Hall–Kier alpha value is -4.07. The summed E-state index contributed by atoms with van der Waals surface area (Å²) in [4.78, 5) is 42.6. The lowest BCUT2D eigenvalue weighted by atomic mass is 10.1. The Morgan fingerprint density at radius 3 is 2.68 bits per heavy atom. The van der Waals surface area contributed by atoms with E-state index >= 15 is 0 Å². The van der Waals surface area contributed by atoms with E-state index in [0.717, 1.165) is 0 Å². The van der Waals surface area contributed by atoms with Crippen molar-refractivity contribution >= 4 is 46.2 Å². The van der Waals surface area contributed by atoms with Gasteiger partial charge in [0.2, 0.25) is 5.91 Å². The number of pyridine rings is 1. The lowest BCUT2D eigenvalue weighted by molar-refractivity contribution is -0.123. The minimum absolute atomic E-state index is 0.0445. The minimum atomic E-state index is -1.05. The van der Waals surface area contributed by atoms with E-state index in [9.17, 15) is 23.2 Å². The predicted molar refractivity (Wildman–Crippen MR) is 149 cm³/mol. The van der Waals surface area contributed by atoms with Gasteiger partial charge in [-0.2, -0.15) is 0 Å². The van der Waals surface area contributed by atoms with Gasteiger partial charge in [0.05, 0.1) is 17.7 Å². The summed E-state index contributed by atoms with van der Waals surface area (Å²) in [6.45, 7) is -0.572. The quantitative estimate of drug-likeness (QED) is 0.202. The van der Waals surface area contributed by atoms with Crippen molar-refractivity contribution in [2.24, 2.45) is 5.73 Å². The van der Waals surface area contributed by atoms with Crippen LogP contribution in [0.3, 0.4) is 0 Å². The van der Waals surface area contributed by atoms with Crippen LogP contribution in [-0.4, -0.2) is 71.9 Å². The van der Waals surface area contributed by atoms with Crippen LogP contribution in [0.25, 0.3) is 10.8 Å². The van der Waals surface area contributed by atoms with Crippen molar-refractivity contribution in [3.63, 3.8) is 0 Å². The van der Waals surface area contributed by atoms with E-state index in [0.29, 0.717) is 29.2 Å². The number of nitrogens with two attached hydrogens (primary N) is 1. The molecule has 0 radical (unpaired) electrons. The van der Waals surface area contributed by atoms with E-state index in [-0.39, 0.29) is 30.5 Å². The molecule has 0 aliphatic carbocycles. The number of aromatic nitrogens is 1. The molecule has 2 atom stereocenters. The highest BCUT2D eigenvalue weighted by atomic mass is 35.5. The molecular formula is C27H31ClF2N6O5. The van der Waals surface area contributed by atoms with Crippen molar-refractivity contribution in [1.29, 1.82) is 0 Å². The van der Waals surface area contributed by atoms with Gasteiger partial charge in [-0.05, 0) is 54.1 Å². The maximum atomic E-state index is 13.7. The maximum Gasteiger partial charge on any atom is 0.412 e. The van der Waals surface area contributed by atoms with Gasteiger partial charge in [0.25, 0.3) is 0 Å². The number of aliphatic hydroxyl groups is 1. The van der Waals surface area contributed by atoms with Crippen molar-refractivity contribution in [3.05, 3.63) is 70.9 Å². The zero-order valence-electron chi connectivity index (χ0n) is 22.2. The second kappa shape index (κ2) is 15.1. The first-order valence-electron chi connectivity index (χ1n) is 12.7. The monoisotopic (exact) mass is 592 g/mol. The van der Waals surface area contributed by atoms with E-state index in [1.165, 1.54) is 48.5 Å². The molecule has 0 bridgehead atoms. The molecule has 11 nitrogen and oxygen atoms in total. The standard InChI is InChI=1S/C27H31ClF2N6O5/c1-36(26(39)34-13-17-4-2-6-21(30)24(17)28)20(5-3-9-32-25(38)22(31)14-37)15-41-27(40)35-23-11-18-10-19(29)8-7-16(18)12-33-23/h2,4,6-8,10-12,20,22,37H,3,5,9,13-15,31H2,1H3,(H,32,38)(H,34,39)(H,33,35,40)/t20-,22+/m0/s1. The van der Waals surface area contributed by atoms with Crippen LogP contribution < -0.4 is 21.7 Å². The first kappa shape index (κ1) is 31.5. The molecule has 0 aliphatic rings. The summed E-state index contributed by atoms with van der Waals surface area (Å²) in [6, 6.07) is 7.69. The van der Waals surface area contributed by atoms with Crippen LogP contribution in [0.1, 0.15) is 18.4 Å². The summed E-state index contributed by atoms with van der Waals surface area (Å²) in [5.41, 5.74) is 5.87. The van der Waals surface area contributed by atoms with E-state index in [2.05, 4.69) is 20.9 Å². The van der Waals surface area contributed by atoms with Gasteiger partial charge in [0.15, 0.2) is 0 Å². The van der Waals surface area contributed by atoms with Gasteiger partial charge < -0.3 is 31.1 Å². The minimum Gasteiger partial charge on any atom is -0.447 e.